The summed E-state index contributed by atoms with van der Waals surface area (Å²) in [6.45, 7) is 3.65. The molecule has 0 bridgehead atoms. The molecule has 2 aromatic carbocycles. The Morgan fingerprint density at radius 1 is 1.00 bits per heavy atom. The first kappa shape index (κ1) is 18.5. The lowest BCUT2D eigenvalue weighted by Gasteiger charge is -2.09. The van der Waals surface area contributed by atoms with Crippen LogP contribution in [0.25, 0.3) is 11.5 Å². The van der Waals surface area contributed by atoms with Crippen LogP contribution in [-0.4, -0.2) is 21.9 Å². The first-order valence-electron chi connectivity index (χ1n) is 8.71. The second-order valence-corrected chi connectivity index (χ2v) is 6.23. The number of hydrogen-bond donors (Lipinski definition) is 0. The van der Waals surface area contributed by atoms with E-state index in [1.807, 2.05) is 37.3 Å². The van der Waals surface area contributed by atoms with Crippen molar-refractivity contribution in [1.82, 2.24) is 10.2 Å². The summed E-state index contributed by atoms with van der Waals surface area (Å²) < 4.78 is 10.9. The van der Waals surface area contributed by atoms with Crippen molar-refractivity contribution in [3.63, 3.8) is 0 Å². The summed E-state index contributed by atoms with van der Waals surface area (Å²) in [7, 11) is 0. The van der Waals surface area contributed by atoms with Gasteiger partial charge in [0.2, 0.25) is 5.89 Å². The van der Waals surface area contributed by atoms with E-state index < -0.39 is 12.1 Å². The van der Waals surface area contributed by atoms with Crippen LogP contribution in [0.15, 0.2) is 59.0 Å². The van der Waals surface area contributed by atoms with Gasteiger partial charge in [-0.15, -0.1) is 10.2 Å². The molecule has 0 amide bonds. The van der Waals surface area contributed by atoms with E-state index in [1.54, 1.807) is 31.2 Å². The number of ether oxygens (including phenoxy) is 1. The van der Waals surface area contributed by atoms with Crippen molar-refractivity contribution in [3.8, 4) is 11.5 Å². The number of carbonyl (C=O) groups excluding carboxylic acids is 2. The van der Waals surface area contributed by atoms with Gasteiger partial charge in [0.15, 0.2) is 11.9 Å². The number of carbonyl (C=O) groups is 2. The van der Waals surface area contributed by atoms with E-state index in [-0.39, 0.29) is 24.5 Å². The lowest BCUT2D eigenvalue weighted by atomic mass is 10.1. The maximum atomic E-state index is 12.0. The Morgan fingerprint density at radius 3 is 2.41 bits per heavy atom. The number of rotatable bonds is 7. The van der Waals surface area contributed by atoms with Crippen LogP contribution in [0.4, 0.5) is 0 Å². The van der Waals surface area contributed by atoms with Crippen LogP contribution in [0.1, 0.15) is 47.7 Å². The van der Waals surface area contributed by atoms with Gasteiger partial charge in [-0.2, -0.15) is 0 Å². The van der Waals surface area contributed by atoms with Gasteiger partial charge >= 0.3 is 5.97 Å². The topological polar surface area (TPSA) is 82.3 Å². The summed E-state index contributed by atoms with van der Waals surface area (Å²) >= 11 is 0. The monoisotopic (exact) mass is 364 g/mol. The molecule has 0 aliphatic carbocycles. The van der Waals surface area contributed by atoms with Crippen molar-refractivity contribution in [1.29, 1.82) is 0 Å². The van der Waals surface area contributed by atoms with Gasteiger partial charge in [-0.1, -0.05) is 48.0 Å². The number of aryl methyl sites for hydroxylation is 1. The lowest BCUT2D eigenvalue weighted by molar-refractivity contribution is -0.149. The van der Waals surface area contributed by atoms with E-state index in [0.717, 1.165) is 11.1 Å². The Hall–Kier alpha value is -3.28. The normalized spacial score (nSPS) is 11.8. The second-order valence-electron chi connectivity index (χ2n) is 6.23. The minimum atomic E-state index is -0.684. The molecule has 0 aliphatic rings. The predicted molar refractivity (Wildman–Crippen MR) is 99.0 cm³/mol. The molecule has 0 aliphatic heterocycles. The molecular formula is C21H20N2O4. The summed E-state index contributed by atoms with van der Waals surface area (Å²) in [6, 6.07) is 16.5. The summed E-state index contributed by atoms with van der Waals surface area (Å²) in [5.41, 5.74) is 2.51. The van der Waals surface area contributed by atoms with Crippen LogP contribution in [0.3, 0.4) is 0 Å². The minimum absolute atomic E-state index is 0.00295. The third-order valence-electron chi connectivity index (χ3n) is 4.05. The van der Waals surface area contributed by atoms with Gasteiger partial charge in [-0.05, 0) is 26.0 Å². The minimum Gasteiger partial charge on any atom is -0.453 e. The van der Waals surface area contributed by atoms with Crippen LogP contribution in [0.5, 0.6) is 0 Å². The Balaban J connectivity index is 1.54. The SMILES string of the molecule is Cc1ccc(-c2nnc(C(C)OC(=O)CCC(=O)c3ccccc3)o2)cc1. The summed E-state index contributed by atoms with van der Waals surface area (Å²) in [5.74, 6) is 0.00184. The Bertz CT molecular complexity index is 917. The van der Waals surface area contributed by atoms with E-state index in [9.17, 15) is 9.59 Å². The summed E-state index contributed by atoms with van der Waals surface area (Å²) in [6.07, 6.45) is -0.596. The second kappa shape index (κ2) is 8.40. The molecule has 6 nitrogen and oxygen atoms in total. The zero-order valence-electron chi connectivity index (χ0n) is 15.2. The summed E-state index contributed by atoms with van der Waals surface area (Å²) in [4.78, 5) is 24.1. The molecule has 0 fully saturated rings. The molecular weight excluding hydrogens is 344 g/mol. The van der Waals surface area contributed by atoms with Crippen LogP contribution in [0.2, 0.25) is 0 Å². The standard InChI is InChI=1S/C21H20N2O4/c1-14-8-10-17(11-9-14)21-23-22-20(27-21)15(2)26-19(25)13-12-18(24)16-6-4-3-5-7-16/h3-11,15H,12-13H2,1-2H3. The Morgan fingerprint density at radius 2 is 1.70 bits per heavy atom. The lowest BCUT2D eigenvalue weighted by Crippen LogP contribution is -2.11. The highest BCUT2D eigenvalue weighted by atomic mass is 16.6. The van der Waals surface area contributed by atoms with Gasteiger partial charge in [-0.25, -0.2) is 0 Å². The van der Waals surface area contributed by atoms with Crippen molar-refractivity contribution in [3.05, 3.63) is 71.6 Å². The maximum absolute atomic E-state index is 12.0. The first-order chi connectivity index (χ1) is 13.0. The van der Waals surface area contributed by atoms with Crippen molar-refractivity contribution in [2.24, 2.45) is 0 Å². The average molecular weight is 364 g/mol. The van der Waals surface area contributed by atoms with Gasteiger partial charge in [0.05, 0.1) is 6.42 Å². The smallest absolute Gasteiger partial charge is 0.307 e. The molecule has 27 heavy (non-hydrogen) atoms. The van der Waals surface area contributed by atoms with Crippen molar-refractivity contribution < 1.29 is 18.7 Å². The van der Waals surface area contributed by atoms with E-state index >= 15 is 0 Å². The molecule has 0 saturated heterocycles. The zero-order valence-corrected chi connectivity index (χ0v) is 15.2. The number of ketones is 1. The molecule has 1 unspecified atom stereocenters. The van der Waals surface area contributed by atoms with Crippen LogP contribution >= 0.6 is 0 Å². The van der Waals surface area contributed by atoms with Gasteiger partial charge < -0.3 is 9.15 Å². The van der Waals surface area contributed by atoms with Gasteiger partial charge in [0.1, 0.15) is 0 Å². The number of hydrogen-bond acceptors (Lipinski definition) is 6. The molecule has 0 radical (unpaired) electrons. The van der Waals surface area contributed by atoms with Gasteiger partial charge in [-0.3, -0.25) is 9.59 Å². The molecule has 1 atom stereocenters. The molecule has 0 saturated carbocycles. The van der Waals surface area contributed by atoms with Crippen molar-refractivity contribution in [2.75, 3.05) is 0 Å². The first-order valence-corrected chi connectivity index (χ1v) is 8.71. The maximum Gasteiger partial charge on any atom is 0.307 e. The highest BCUT2D eigenvalue weighted by Gasteiger charge is 2.19. The predicted octanol–water partition coefficient (Wildman–Crippen LogP) is 4.31. The van der Waals surface area contributed by atoms with Crippen molar-refractivity contribution >= 4 is 11.8 Å². The van der Waals surface area contributed by atoms with E-state index in [4.69, 9.17) is 9.15 Å². The van der Waals surface area contributed by atoms with E-state index in [1.165, 1.54) is 0 Å². The third kappa shape index (κ3) is 4.88. The molecule has 138 valence electrons. The Kier molecular flexibility index (Phi) is 5.76. The number of esters is 1. The number of benzene rings is 2. The summed E-state index contributed by atoms with van der Waals surface area (Å²) in [5, 5.41) is 7.95. The Labute approximate surface area is 157 Å². The van der Waals surface area contributed by atoms with E-state index in [0.29, 0.717) is 11.5 Å². The van der Waals surface area contributed by atoms with Crippen LogP contribution in [-0.2, 0) is 9.53 Å². The fourth-order valence-electron chi connectivity index (χ4n) is 2.50. The average Bonchev–Trinajstić information content (AvgIpc) is 3.18. The zero-order chi connectivity index (χ0) is 19.2. The van der Waals surface area contributed by atoms with Crippen LogP contribution < -0.4 is 0 Å². The molecule has 1 heterocycles. The molecule has 1 aromatic heterocycles. The number of nitrogens with zero attached hydrogens (tertiary/aromatic N) is 2. The van der Waals surface area contributed by atoms with Crippen LogP contribution in [0, 0.1) is 6.92 Å². The molecule has 0 N–H and O–H groups in total. The molecule has 0 spiro atoms. The van der Waals surface area contributed by atoms with E-state index in [2.05, 4.69) is 10.2 Å². The number of aromatic nitrogens is 2. The fourth-order valence-corrected chi connectivity index (χ4v) is 2.50. The highest BCUT2D eigenvalue weighted by molar-refractivity contribution is 5.97. The highest BCUT2D eigenvalue weighted by Crippen LogP contribution is 2.23. The molecule has 3 rings (SSSR count). The third-order valence-corrected chi connectivity index (χ3v) is 4.05. The number of Topliss-reactive ketones (excluding diaryl/α,β-unsaturated/α-hetero) is 1. The fraction of sp³-hybridized carbons (Fsp3) is 0.238. The van der Waals surface area contributed by atoms with Gasteiger partial charge in [0.25, 0.3) is 5.89 Å². The molecule has 6 heteroatoms. The largest absolute Gasteiger partial charge is 0.453 e. The molecule has 3 aromatic rings. The van der Waals surface area contributed by atoms with Crippen molar-refractivity contribution in [2.45, 2.75) is 32.8 Å². The quantitative estimate of drug-likeness (QED) is 0.459. The van der Waals surface area contributed by atoms with Gasteiger partial charge in [0, 0.05) is 17.5 Å².